The van der Waals surface area contributed by atoms with Gasteiger partial charge in [-0.15, -0.1) is 11.8 Å². The number of benzene rings is 1. The van der Waals surface area contributed by atoms with Crippen molar-refractivity contribution >= 4 is 24.7 Å². The lowest BCUT2D eigenvalue weighted by atomic mass is 9.82. The quantitative estimate of drug-likeness (QED) is 0.666. The first-order chi connectivity index (χ1) is 8.58. The molecule has 1 rings (SSSR count). The molecule has 6 heteroatoms. The van der Waals surface area contributed by atoms with Gasteiger partial charge in [0.05, 0.1) is 11.2 Å². The van der Waals surface area contributed by atoms with E-state index in [1.54, 1.807) is 34.0 Å². The van der Waals surface area contributed by atoms with E-state index >= 15 is 0 Å². The highest BCUT2D eigenvalue weighted by atomic mass is 32.2. The van der Waals surface area contributed by atoms with E-state index in [0.29, 0.717) is 4.90 Å². The first-order valence-corrected chi connectivity index (χ1v) is 7.07. The first-order valence-electron chi connectivity index (χ1n) is 5.85. The molecular formula is C13H18BF2O2S. The van der Waals surface area contributed by atoms with Gasteiger partial charge in [-0.05, 0) is 46.1 Å². The van der Waals surface area contributed by atoms with E-state index in [1.807, 2.05) is 0 Å². The Kier molecular flexibility index (Phi) is 5.04. The van der Waals surface area contributed by atoms with E-state index in [-0.39, 0.29) is 5.46 Å². The van der Waals surface area contributed by atoms with Crippen LogP contribution in [0.5, 0.6) is 0 Å². The fourth-order valence-electron chi connectivity index (χ4n) is 1.14. The molecular weight excluding hydrogens is 269 g/mol. The molecule has 0 aliphatic carbocycles. The summed E-state index contributed by atoms with van der Waals surface area (Å²) in [5.74, 6) is -1.37. The highest BCUT2D eigenvalue weighted by molar-refractivity contribution is 7.98. The number of thioether (sulfide) groups is 1. The molecule has 0 saturated carbocycles. The summed E-state index contributed by atoms with van der Waals surface area (Å²) in [5.41, 5.74) is -2.35. The minimum absolute atomic E-state index is 0.241. The monoisotopic (exact) mass is 287 g/mol. The van der Waals surface area contributed by atoms with Gasteiger partial charge in [0.15, 0.2) is 0 Å². The molecule has 0 spiro atoms. The van der Waals surface area contributed by atoms with Crippen LogP contribution in [0.3, 0.4) is 0 Å². The number of aliphatic hydroxyl groups is 1. The summed E-state index contributed by atoms with van der Waals surface area (Å²) in [6.07, 6.45) is 1.74. The van der Waals surface area contributed by atoms with E-state index in [2.05, 4.69) is 0 Å². The van der Waals surface area contributed by atoms with Gasteiger partial charge in [-0.25, -0.2) is 8.78 Å². The molecule has 19 heavy (non-hydrogen) atoms. The molecule has 0 unspecified atom stereocenters. The second-order valence-corrected chi connectivity index (χ2v) is 6.19. The molecule has 1 aromatic rings. The van der Waals surface area contributed by atoms with Gasteiger partial charge < -0.3 is 9.76 Å². The number of halogens is 2. The van der Waals surface area contributed by atoms with Gasteiger partial charge in [-0.3, -0.25) is 0 Å². The predicted octanol–water partition coefficient (Wildman–Crippen LogP) is 2.50. The lowest BCUT2D eigenvalue weighted by molar-refractivity contribution is -0.0894. The summed E-state index contributed by atoms with van der Waals surface area (Å²) in [5, 5.41) is 9.91. The lowest BCUT2D eigenvalue weighted by Gasteiger charge is -2.37. The van der Waals surface area contributed by atoms with E-state index in [9.17, 15) is 13.9 Å². The summed E-state index contributed by atoms with van der Waals surface area (Å²) in [6, 6.07) is 2.50. The molecule has 0 aliphatic heterocycles. The Labute approximate surface area is 117 Å². The maximum Gasteiger partial charge on any atom is 0.337 e. The molecule has 0 amide bonds. The van der Waals surface area contributed by atoms with Gasteiger partial charge in [0, 0.05) is 10.4 Å². The number of rotatable bonds is 5. The van der Waals surface area contributed by atoms with Crippen LogP contribution in [0, 0.1) is 11.6 Å². The zero-order valence-corrected chi connectivity index (χ0v) is 12.6. The van der Waals surface area contributed by atoms with Crippen molar-refractivity contribution in [2.45, 2.75) is 43.8 Å². The van der Waals surface area contributed by atoms with Crippen molar-refractivity contribution in [3.05, 3.63) is 23.8 Å². The normalized spacial score (nSPS) is 12.6. The van der Waals surface area contributed by atoms with E-state index in [0.717, 1.165) is 7.48 Å². The van der Waals surface area contributed by atoms with Crippen molar-refractivity contribution < 1.29 is 18.5 Å². The fourth-order valence-corrected chi connectivity index (χ4v) is 1.58. The van der Waals surface area contributed by atoms with Crippen LogP contribution in [0.15, 0.2) is 17.0 Å². The lowest BCUT2D eigenvalue weighted by Crippen LogP contribution is -2.49. The predicted molar refractivity (Wildman–Crippen MR) is 75.0 cm³/mol. The van der Waals surface area contributed by atoms with Crippen LogP contribution >= 0.6 is 11.8 Å². The van der Waals surface area contributed by atoms with Crippen molar-refractivity contribution in [3.63, 3.8) is 0 Å². The van der Waals surface area contributed by atoms with Crippen LogP contribution in [0.1, 0.15) is 27.7 Å². The van der Waals surface area contributed by atoms with Crippen molar-refractivity contribution in [3.8, 4) is 0 Å². The molecule has 0 fully saturated rings. The van der Waals surface area contributed by atoms with Crippen LogP contribution < -0.4 is 5.46 Å². The Bertz CT molecular complexity index is 435. The second kappa shape index (κ2) is 5.81. The van der Waals surface area contributed by atoms with Crippen molar-refractivity contribution in [1.82, 2.24) is 0 Å². The molecule has 1 aromatic carbocycles. The molecule has 0 bridgehead atoms. The van der Waals surface area contributed by atoms with Gasteiger partial charge in [0.25, 0.3) is 0 Å². The van der Waals surface area contributed by atoms with Gasteiger partial charge in [0.1, 0.15) is 11.6 Å². The summed E-state index contributed by atoms with van der Waals surface area (Å²) < 4.78 is 32.8. The van der Waals surface area contributed by atoms with Gasteiger partial charge >= 0.3 is 7.48 Å². The standard InChI is InChI=1S/C13H18BF2O2S/c1-12(2,17)13(3,4)18-14-11-9(15)6-8(19-5)7-10(11)16/h6-7,17H,1-5H3. The zero-order valence-electron chi connectivity index (χ0n) is 11.8. The minimum Gasteiger partial charge on any atom is -0.426 e. The largest absolute Gasteiger partial charge is 0.426 e. The molecule has 0 atom stereocenters. The van der Waals surface area contributed by atoms with E-state index < -0.39 is 22.8 Å². The van der Waals surface area contributed by atoms with Crippen LogP contribution in [0.4, 0.5) is 8.78 Å². The van der Waals surface area contributed by atoms with Crippen LogP contribution in [-0.2, 0) is 4.65 Å². The van der Waals surface area contributed by atoms with Crippen molar-refractivity contribution in [2.75, 3.05) is 6.26 Å². The molecule has 2 nitrogen and oxygen atoms in total. The third-order valence-corrected chi connectivity index (χ3v) is 3.94. The van der Waals surface area contributed by atoms with Crippen LogP contribution in [0.2, 0.25) is 0 Å². The SMILES string of the molecule is CSc1cc(F)c([B]OC(C)(C)C(C)(C)O)c(F)c1. The molecule has 1 N–H and O–H groups in total. The van der Waals surface area contributed by atoms with Crippen molar-refractivity contribution in [2.24, 2.45) is 0 Å². The average Bonchev–Trinajstić information content (AvgIpc) is 2.25. The summed E-state index contributed by atoms with van der Waals surface area (Å²) in [4.78, 5) is 0.508. The summed E-state index contributed by atoms with van der Waals surface area (Å²) >= 11 is 1.26. The van der Waals surface area contributed by atoms with Crippen LogP contribution in [0.25, 0.3) is 0 Å². The van der Waals surface area contributed by atoms with E-state index in [4.69, 9.17) is 4.65 Å². The Balaban J connectivity index is 2.90. The molecule has 105 valence electrons. The molecule has 1 radical (unpaired) electrons. The highest BCUT2D eigenvalue weighted by Crippen LogP contribution is 2.24. The Hall–Kier alpha value is -0.585. The van der Waals surface area contributed by atoms with Crippen molar-refractivity contribution in [1.29, 1.82) is 0 Å². The average molecular weight is 287 g/mol. The van der Waals surface area contributed by atoms with E-state index in [1.165, 1.54) is 23.9 Å². The van der Waals surface area contributed by atoms with Gasteiger partial charge in [0.2, 0.25) is 0 Å². The third kappa shape index (κ3) is 3.94. The Morgan fingerprint density at radius 2 is 1.63 bits per heavy atom. The molecule has 0 aliphatic rings. The Morgan fingerprint density at radius 1 is 1.16 bits per heavy atom. The molecule has 0 heterocycles. The smallest absolute Gasteiger partial charge is 0.337 e. The number of hydrogen-bond acceptors (Lipinski definition) is 3. The minimum atomic E-state index is -1.14. The fraction of sp³-hybridized carbons (Fsp3) is 0.538. The Morgan fingerprint density at radius 3 is 2.00 bits per heavy atom. The zero-order chi connectivity index (χ0) is 14.8. The second-order valence-electron chi connectivity index (χ2n) is 5.31. The highest BCUT2D eigenvalue weighted by Gasteiger charge is 2.36. The van der Waals surface area contributed by atoms with Crippen LogP contribution in [-0.4, -0.2) is 30.0 Å². The number of hydrogen-bond donors (Lipinski definition) is 1. The third-order valence-electron chi connectivity index (χ3n) is 3.23. The van der Waals surface area contributed by atoms with Gasteiger partial charge in [-0.2, -0.15) is 0 Å². The summed E-state index contributed by atoms with van der Waals surface area (Å²) in [6.45, 7) is 6.44. The topological polar surface area (TPSA) is 29.5 Å². The first kappa shape index (κ1) is 16.5. The maximum atomic E-state index is 13.7. The van der Waals surface area contributed by atoms with Gasteiger partial charge in [-0.1, -0.05) is 0 Å². The molecule has 0 saturated heterocycles. The summed E-state index contributed by atoms with van der Waals surface area (Å²) in [7, 11) is 1.02. The maximum absolute atomic E-state index is 13.7. The molecule has 0 aromatic heterocycles.